The number of amides is 5. The number of ether oxygens (including phenoxy) is 3. The number of imide groups is 2. The Morgan fingerprint density at radius 2 is 1.00 bits per heavy atom. The first-order valence-electron chi connectivity index (χ1n) is 19.9. The number of nitrogens with zero attached hydrogens (tertiary/aromatic N) is 2. The average molecular weight is 802 g/mol. The second-order valence-corrected chi connectivity index (χ2v) is 16.0. The van der Waals surface area contributed by atoms with E-state index in [1.165, 1.54) is 9.80 Å². The number of benzene rings is 5. The van der Waals surface area contributed by atoms with Gasteiger partial charge in [-0.05, 0) is 87.3 Å². The van der Waals surface area contributed by atoms with Gasteiger partial charge in [-0.3, -0.25) is 43.4 Å². The summed E-state index contributed by atoms with van der Waals surface area (Å²) in [5, 5.41) is 8.21. The van der Waals surface area contributed by atoms with Crippen LogP contribution in [-0.2, 0) is 28.6 Å². The van der Waals surface area contributed by atoms with Gasteiger partial charge in [-0.2, -0.15) is 0 Å². The summed E-state index contributed by atoms with van der Waals surface area (Å²) in [5.74, 6) is -3.24. The van der Waals surface area contributed by atoms with Crippen molar-refractivity contribution in [3.8, 4) is 0 Å². The van der Waals surface area contributed by atoms with Gasteiger partial charge < -0.3 is 19.5 Å². The number of hydrogen-bond donors (Lipinski definition) is 1. The topological polar surface area (TPSA) is 166 Å². The largest absolute Gasteiger partial charge is 0.464 e. The van der Waals surface area contributed by atoms with Gasteiger partial charge in [0.25, 0.3) is 23.6 Å². The summed E-state index contributed by atoms with van der Waals surface area (Å²) in [5.41, 5.74) is 1.53. The van der Waals surface area contributed by atoms with Crippen LogP contribution in [0.4, 0.5) is 0 Å². The van der Waals surface area contributed by atoms with Crippen LogP contribution in [0.3, 0.4) is 0 Å². The van der Waals surface area contributed by atoms with Crippen molar-refractivity contribution in [1.82, 2.24) is 15.1 Å². The van der Waals surface area contributed by atoms with Crippen molar-refractivity contribution in [3.05, 3.63) is 83.4 Å². The second-order valence-electron chi connectivity index (χ2n) is 16.0. The Balaban J connectivity index is 1.19. The maximum atomic E-state index is 14.4. The van der Waals surface area contributed by atoms with Crippen LogP contribution >= 0.6 is 0 Å². The molecular weight excluding hydrogens is 755 g/mol. The summed E-state index contributed by atoms with van der Waals surface area (Å²) < 4.78 is 16.1. The van der Waals surface area contributed by atoms with Gasteiger partial charge in [-0.1, -0.05) is 58.5 Å². The molecule has 7 rings (SSSR count). The minimum Gasteiger partial charge on any atom is -0.464 e. The summed E-state index contributed by atoms with van der Waals surface area (Å²) in [7, 11) is 1.56. The predicted octanol–water partition coefficient (Wildman–Crippen LogP) is 6.57. The molecule has 59 heavy (non-hydrogen) atoms. The standard InChI is InChI=1S/C46H47N3O10/c1-7-36(50)47-18-19-58-37(51)16-17-38(52)59-23-27(21-25(4)5)49-45(55)34-14-10-30-28-8-12-32-41-33(44(54)48(43(32)53)26(22-57-6)20-24(2)3)13-9-29(39(28)41)31-11-15-35(46(49)56)42(34)40(30)31/h7-15,24-27H,1,16-23H2,2-6H3,(H,47,50). The molecule has 5 aromatic rings. The number of carbonyl (C=O) groups excluding carboxylic acids is 7. The van der Waals surface area contributed by atoms with Gasteiger partial charge in [0.15, 0.2) is 0 Å². The maximum absolute atomic E-state index is 14.4. The molecule has 2 heterocycles. The Hall–Kier alpha value is -6.21. The Morgan fingerprint density at radius 1 is 0.610 bits per heavy atom. The first-order chi connectivity index (χ1) is 28.3. The van der Waals surface area contributed by atoms with Crippen molar-refractivity contribution in [2.45, 2.75) is 65.5 Å². The number of carbonyl (C=O) groups is 7. The van der Waals surface area contributed by atoms with Crippen LogP contribution < -0.4 is 5.32 Å². The van der Waals surface area contributed by atoms with E-state index >= 15 is 0 Å². The van der Waals surface area contributed by atoms with Crippen LogP contribution in [0.2, 0.25) is 0 Å². The van der Waals surface area contributed by atoms with Crippen LogP contribution in [0.1, 0.15) is 94.8 Å². The minimum absolute atomic E-state index is 0.0261. The van der Waals surface area contributed by atoms with Gasteiger partial charge in [-0.15, -0.1) is 0 Å². The van der Waals surface area contributed by atoms with Crippen LogP contribution in [0.25, 0.3) is 43.1 Å². The minimum atomic E-state index is -0.787. The molecule has 2 aliphatic rings. The molecule has 0 radical (unpaired) electrons. The zero-order valence-corrected chi connectivity index (χ0v) is 33.8. The number of esters is 2. The van der Waals surface area contributed by atoms with Gasteiger partial charge in [-0.25, -0.2) is 0 Å². The Bertz CT molecular complexity index is 2460. The number of nitrogens with one attached hydrogen (secondary N) is 1. The molecule has 0 saturated heterocycles. The summed E-state index contributed by atoms with van der Waals surface area (Å²) in [4.78, 5) is 95.9. The monoisotopic (exact) mass is 801 g/mol. The van der Waals surface area contributed by atoms with Gasteiger partial charge in [0.2, 0.25) is 5.91 Å². The molecular formula is C46H47N3O10. The summed E-state index contributed by atoms with van der Waals surface area (Å²) in [6.07, 6.45) is 1.53. The molecule has 1 N–H and O–H groups in total. The van der Waals surface area contributed by atoms with E-state index in [0.29, 0.717) is 45.9 Å². The summed E-state index contributed by atoms with van der Waals surface area (Å²) in [6.45, 7) is 11.3. The quantitative estimate of drug-likeness (QED) is 0.0271. The lowest BCUT2D eigenvalue weighted by atomic mass is 9.81. The molecule has 5 amide bonds. The fourth-order valence-corrected chi connectivity index (χ4v) is 8.69. The van der Waals surface area contributed by atoms with E-state index in [2.05, 4.69) is 11.9 Å². The highest BCUT2D eigenvalue weighted by atomic mass is 16.5. The van der Waals surface area contributed by atoms with E-state index in [1.807, 2.05) is 52.0 Å². The molecule has 0 spiro atoms. The average Bonchev–Trinajstić information content (AvgIpc) is 3.20. The fourth-order valence-electron chi connectivity index (χ4n) is 8.69. The normalized spacial score (nSPS) is 15.0. The number of rotatable bonds is 17. The van der Waals surface area contributed by atoms with E-state index < -0.39 is 41.7 Å². The van der Waals surface area contributed by atoms with Gasteiger partial charge >= 0.3 is 11.9 Å². The molecule has 0 saturated carbocycles. The van der Waals surface area contributed by atoms with Crippen LogP contribution in [0.15, 0.2) is 61.2 Å². The van der Waals surface area contributed by atoms with Crippen molar-refractivity contribution >= 4 is 84.6 Å². The van der Waals surface area contributed by atoms with Crippen molar-refractivity contribution in [2.24, 2.45) is 11.8 Å². The van der Waals surface area contributed by atoms with Crippen LogP contribution in [0.5, 0.6) is 0 Å². The second kappa shape index (κ2) is 16.6. The molecule has 306 valence electrons. The van der Waals surface area contributed by atoms with E-state index in [1.54, 1.807) is 31.4 Å². The molecule has 0 fully saturated rings. The van der Waals surface area contributed by atoms with Gasteiger partial charge in [0, 0.05) is 40.1 Å². The number of fused-ring (bicyclic) bond motifs is 2. The fraction of sp³-hybridized carbons (Fsp3) is 0.370. The highest BCUT2D eigenvalue weighted by Gasteiger charge is 2.41. The maximum Gasteiger partial charge on any atom is 0.306 e. The van der Waals surface area contributed by atoms with Crippen LogP contribution in [0, 0.1) is 11.8 Å². The third-order valence-electron chi connectivity index (χ3n) is 11.1. The molecule has 0 aromatic heterocycles. The van der Waals surface area contributed by atoms with Gasteiger partial charge in [0.1, 0.15) is 13.2 Å². The summed E-state index contributed by atoms with van der Waals surface area (Å²) in [6, 6.07) is 13.2. The third kappa shape index (κ3) is 7.39. The molecule has 5 aromatic carbocycles. The Labute approximate surface area is 340 Å². The van der Waals surface area contributed by atoms with E-state index in [9.17, 15) is 33.6 Å². The van der Waals surface area contributed by atoms with E-state index in [0.717, 1.165) is 38.4 Å². The molecule has 2 unspecified atom stereocenters. The van der Waals surface area contributed by atoms with Crippen molar-refractivity contribution in [1.29, 1.82) is 0 Å². The van der Waals surface area contributed by atoms with Crippen molar-refractivity contribution in [2.75, 3.05) is 33.5 Å². The lowest BCUT2D eigenvalue weighted by Crippen LogP contribution is -2.49. The highest BCUT2D eigenvalue weighted by Crippen LogP contribution is 2.46. The Morgan fingerprint density at radius 3 is 1.37 bits per heavy atom. The zero-order chi connectivity index (χ0) is 42.3. The highest BCUT2D eigenvalue weighted by molar-refractivity contribution is 6.41. The first kappa shape index (κ1) is 41.0. The molecule has 0 aliphatic carbocycles. The zero-order valence-electron chi connectivity index (χ0n) is 33.8. The molecule has 0 bridgehead atoms. The number of methoxy groups -OCH3 is 1. The number of hydrogen-bond acceptors (Lipinski definition) is 10. The first-order valence-corrected chi connectivity index (χ1v) is 19.9. The third-order valence-corrected chi connectivity index (χ3v) is 11.1. The van der Waals surface area contributed by atoms with Crippen molar-refractivity contribution in [3.63, 3.8) is 0 Å². The van der Waals surface area contributed by atoms with Crippen molar-refractivity contribution < 1.29 is 47.8 Å². The lowest BCUT2D eigenvalue weighted by molar-refractivity contribution is -0.151. The molecule has 13 heteroatoms. The SMILES string of the molecule is C=CC(=O)NCCOC(=O)CCC(=O)OCC(CC(C)C)N1C(=O)c2ccc3c4ccc5c6c(ccc(c7ccc(c2c37)C1=O)c64)C(=O)N(C(COC)CC(C)C)C5=O. The Kier molecular flexibility index (Phi) is 11.5. The van der Waals surface area contributed by atoms with Crippen LogP contribution in [-0.4, -0.2) is 96.8 Å². The summed E-state index contributed by atoms with van der Waals surface area (Å²) >= 11 is 0. The van der Waals surface area contributed by atoms with Gasteiger partial charge in [0.05, 0.1) is 38.1 Å². The molecule has 13 nitrogen and oxygen atoms in total. The lowest BCUT2D eigenvalue weighted by Gasteiger charge is -2.35. The molecule has 2 aliphatic heterocycles. The smallest absolute Gasteiger partial charge is 0.306 e. The molecule has 2 atom stereocenters. The van der Waals surface area contributed by atoms with E-state index in [-0.39, 0.29) is 62.9 Å². The predicted molar refractivity (Wildman–Crippen MR) is 221 cm³/mol. The van der Waals surface area contributed by atoms with E-state index in [4.69, 9.17) is 14.2 Å².